The zero-order valence-electron chi connectivity index (χ0n) is 18.6. The molecule has 0 aromatic rings. The molecule has 0 bridgehead atoms. The normalized spacial score (nSPS) is 17.4. The number of carbonyl (C=O) groups excluding carboxylic acids is 3. The number of hydrogen-bond acceptors (Lipinski definition) is 5. The van der Waals surface area contributed by atoms with Crippen LogP contribution in [0.2, 0.25) is 0 Å². The van der Waals surface area contributed by atoms with Crippen LogP contribution in [-0.2, 0) is 19.2 Å². The number of carboxylic acid groups (broad SMARTS) is 1. The quantitative estimate of drug-likeness (QED) is 0.316. The van der Waals surface area contributed by atoms with E-state index in [4.69, 9.17) is 5.73 Å². The molecule has 168 valence electrons. The third-order valence-electron chi connectivity index (χ3n) is 5.23. The number of hydrogen-bond donors (Lipinski definition) is 5. The van der Waals surface area contributed by atoms with Crippen molar-refractivity contribution in [2.24, 2.45) is 23.5 Å². The van der Waals surface area contributed by atoms with E-state index in [2.05, 4.69) is 16.0 Å². The van der Waals surface area contributed by atoms with Crippen LogP contribution in [0.1, 0.15) is 61.3 Å². The van der Waals surface area contributed by atoms with Crippen molar-refractivity contribution < 1.29 is 24.3 Å². The van der Waals surface area contributed by atoms with Crippen LogP contribution < -0.4 is 21.7 Å². The van der Waals surface area contributed by atoms with Crippen LogP contribution in [0.15, 0.2) is 0 Å². The van der Waals surface area contributed by atoms with Crippen molar-refractivity contribution in [1.82, 2.24) is 16.0 Å². The lowest BCUT2D eigenvalue weighted by Gasteiger charge is -2.30. The molecule has 0 spiro atoms. The largest absolute Gasteiger partial charge is 0.480 e. The lowest BCUT2D eigenvalue weighted by molar-refractivity contribution is -0.144. The van der Waals surface area contributed by atoms with Crippen molar-refractivity contribution in [3.05, 3.63) is 0 Å². The van der Waals surface area contributed by atoms with Crippen LogP contribution in [0.4, 0.5) is 0 Å². The summed E-state index contributed by atoms with van der Waals surface area (Å²) >= 11 is 0. The van der Waals surface area contributed by atoms with Gasteiger partial charge in [-0.05, 0) is 24.7 Å². The second kappa shape index (κ2) is 12.4. The van der Waals surface area contributed by atoms with Gasteiger partial charge in [0.25, 0.3) is 0 Å². The molecule has 0 fully saturated rings. The van der Waals surface area contributed by atoms with Crippen LogP contribution in [0, 0.1) is 17.8 Å². The Morgan fingerprint density at radius 3 is 1.48 bits per heavy atom. The Labute approximate surface area is 173 Å². The summed E-state index contributed by atoms with van der Waals surface area (Å²) in [5.74, 6) is -3.38. The molecular formula is C20H38N4O5. The molecule has 6 unspecified atom stereocenters. The highest BCUT2D eigenvalue weighted by Gasteiger charge is 2.34. The highest BCUT2D eigenvalue weighted by atomic mass is 16.4. The van der Waals surface area contributed by atoms with Crippen LogP contribution in [0.25, 0.3) is 0 Å². The molecule has 29 heavy (non-hydrogen) atoms. The number of carboxylic acids is 1. The van der Waals surface area contributed by atoms with Gasteiger partial charge in [0.2, 0.25) is 17.7 Å². The SMILES string of the molecule is CCC(C)C(NC(=O)C(NC(=O)C(NC(=O)C(C)N)C(C)C)C(C)CC)C(=O)O. The molecule has 0 aliphatic carbocycles. The van der Waals surface area contributed by atoms with E-state index in [1.165, 1.54) is 6.92 Å². The first-order valence-corrected chi connectivity index (χ1v) is 10.3. The van der Waals surface area contributed by atoms with Gasteiger partial charge in [-0.3, -0.25) is 14.4 Å². The Hall–Kier alpha value is -2.16. The van der Waals surface area contributed by atoms with Gasteiger partial charge in [0, 0.05) is 0 Å². The van der Waals surface area contributed by atoms with Gasteiger partial charge < -0.3 is 26.8 Å². The Kier molecular flexibility index (Phi) is 11.5. The monoisotopic (exact) mass is 414 g/mol. The van der Waals surface area contributed by atoms with E-state index in [0.29, 0.717) is 12.8 Å². The van der Waals surface area contributed by atoms with E-state index in [1.54, 1.807) is 27.7 Å². The maximum atomic E-state index is 12.8. The molecule has 0 aliphatic rings. The molecule has 9 nitrogen and oxygen atoms in total. The first kappa shape index (κ1) is 26.8. The maximum Gasteiger partial charge on any atom is 0.326 e. The molecule has 0 rings (SSSR count). The molecule has 0 radical (unpaired) electrons. The average molecular weight is 415 g/mol. The molecular weight excluding hydrogens is 376 g/mol. The lowest BCUT2D eigenvalue weighted by atomic mass is 9.94. The molecule has 0 saturated heterocycles. The van der Waals surface area contributed by atoms with Gasteiger partial charge in [-0.15, -0.1) is 0 Å². The fourth-order valence-electron chi connectivity index (χ4n) is 2.69. The predicted octanol–water partition coefficient (Wildman–Crippen LogP) is 0.621. The molecule has 3 amide bonds. The summed E-state index contributed by atoms with van der Waals surface area (Å²) in [6.45, 7) is 12.3. The number of rotatable bonds is 12. The summed E-state index contributed by atoms with van der Waals surface area (Å²) in [5.41, 5.74) is 5.56. The van der Waals surface area contributed by atoms with Crippen LogP contribution in [-0.4, -0.2) is 53.0 Å². The third-order valence-corrected chi connectivity index (χ3v) is 5.23. The second-order valence-electron chi connectivity index (χ2n) is 8.10. The van der Waals surface area contributed by atoms with Crippen LogP contribution in [0.5, 0.6) is 0 Å². The maximum absolute atomic E-state index is 12.8. The summed E-state index contributed by atoms with van der Waals surface area (Å²) in [5, 5.41) is 17.3. The molecule has 9 heteroatoms. The smallest absolute Gasteiger partial charge is 0.326 e. The molecule has 0 heterocycles. The van der Waals surface area contributed by atoms with E-state index >= 15 is 0 Å². The molecule has 0 saturated carbocycles. The average Bonchev–Trinajstić information content (AvgIpc) is 2.65. The van der Waals surface area contributed by atoms with Gasteiger partial charge in [-0.2, -0.15) is 0 Å². The summed E-state index contributed by atoms with van der Waals surface area (Å²) in [7, 11) is 0. The van der Waals surface area contributed by atoms with E-state index in [-0.39, 0.29) is 17.8 Å². The fraction of sp³-hybridized carbons (Fsp3) is 0.800. The molecule has 6 N–H and O–H groups in total. The van der Waals surface area contributed by atoms with E-state index in [1.807, 2.05) is 13.8 Å². The minimum atomic E-state index is -1.12. The summed E-state index contributed by atoms with van der Waals surface area (Å²) in [6.07, 6.45) is 1.17. The topological polar surface area (TPSA) is 151 Å². The minimum Gasteiger partial charge on any atom is -0.480 e. The summed E-state index contributed by atoms with van der Waals surface area (Å²) < 4.78 is 0. The molecule has 0 aromatic carbocycles. The number of aliphatic carboxylic acids is 1. The van der Waals surface area contributed by atoms with E-state index in [9.17, 15) is 24.3 Å². The Bertz CT molecular complexity index is 579. The predicted molar refractivity (Wildman–Crippen MR) is 111 cm³/mol. The molecule has 0 aromatic heterocycles. The first-order valence-electron chi connectivity index (χ1n) is 10.3. The molecule has 0 aliphatic heterocycles. The zero-order chi connectivity index (χ0) is 22.9. The van der Waals surface area contributed by atoms with Gasteiger partial charge in [0.05, 0.1) is 6.04 Å². The highest BCUT2D eigenvalue weighted by Crippen LogP contribution is 2.13. The minimum absolute atomic E-state index is 0.231. The third kappa shape index (κ3) is 8.39. The van der Waals surface area contributed by atoms with Gasteiger partial charge >= 0.3 is 5.97 Å². The van der Waals surface area contributed by atoms with Crippen molar-refractivity contribution in [3.8, 4) is 0 Å². The summed E-state index contributed by atoms with van der Waals surface area (Å²) in [6, 6.07) is -3.61. The van der Waals surface area contributed by atoms with Gasteiger partial charge in [0.1, 0.15) is 18.1 Å². The number of nitrogens with one attached hydrogen (secondary N) is 3. The van der Waals surface area contributed by atoms with Crippen molar-refractivity contribution in [2.45, 2.75) is 85.5 Å². The number of nitrogens with two attached hydrogens (primary N) is 1. The lowest BCUT2D eigenvalue weighted by Crippen LogP contribution is -2.60. The molecule has 6 atom stereocenters. The van der Waals surface area contributed by atoms with Gasteiger partial charge in [-0.1, -0.05) is 54.4 Å². The second-order valence-corrected chi connectivity index (χ2v) is 8.10. The van der Waals surface area contributed by atoms with Gasteiger partial charge in [-0.25, -0.2) is 4.79 Å². The zero-order valence-corrected chi connectivity index (χ0v) is 18.6. The Balaban J connectivity index is 5.50. The van der Waals surface area contributed by atoms with E-state index < -0.39 is 47.9 Å². The van der Waals surface area contributed by atoms with Crippen molar-refractivity contribution in [1.29, 1.82) is 0 Å². The fourth-order valence-corrected chi connectivity index (χ4v) is 2.69. The number of amides is 3. The first-order chi connectivity index (χ1) is 13.4. The highest BCUT2D eigenvalue weighted by molar-refractivity contribution is 5.94. The standard InChI is InChI=1S/C20H38N4O5/c1-8-11(5)15(19(27)24-16(20(28)29)12(6)9-2)23-18(26)14(10(3)4)22-17(25)13(7)21/h10-16H,8-9,21H2,1-7H3,(H,22,25)(H,23,26)(H,24,27)(H,28,29). The van der Waals surface area contributed by atoms with Crippen molar-refractivity contribution in [2.75, 3.05) is 0 Å². The number of carbonyl (C=O) groups is 4. The van der Waals surface area contributed by atoms with Crippen molar-refractivity contribution >= 4 is 23.7 Å². The summed E-state index contributed by atoms with van der Waals surface area (Å²) in [4.78, 5) is 49.1. The van der Waals surface area contributed by atoms with Crippen LogP contribution >= 0.6 is 0 Å². The van der Waals surface area contributed by atoms with E-state index in [0.717, 1.165) is 0 Å². The van der Waals surface area contributed by atoms with Crippen molar-refractivity contribution in [3.63, 3.8) is 0 Å². The van der Waals surface area contributed by atoms with Crippen LogP contribution in [0.3, 0.4) is 0 Å². The van der Waals surface area contributed by atoms with Gasteiger partial charge in [0.15, 0.2) is 0 Å². The Morgan fingerprint density at radius 1 is 0.724 bits per heavy atom. The Morgan fingerprint density at radius 2 is 1.10 bits per heavy atom.